The molecule has 1 unspecified atom stereocenters. The number of carbonyl (C=O) groups is 1. The molecule has 2 aliphatic heterocycles. The van der Waals surface area contributed by atoms with Crippen LogP contribution >= 0.6 is 0 Å². The van der Waals surface area contributed by atoms with E-state index >= 15 is 0 Å². The zero-order valence-electron chi connectivity index (χ0n) is 10.1. The third kappa shape index (κ3) is 3.38. The summed E-state index contributed by atoms with van der Waals surface area (Å²) < 4.78 is 10.7. The van der Waals surface area contributed by atoms with E-state index in [1.54, 1.807) is 0 Å². The van der Waals surface area contributed by atoms with Gasteiger partial charge in [-0.2, -0.15) is 0 Å². The number of piperazine rings is 1. The molecule has 2 aliphatic rings. The Morgan fingerprint density at radius 2 is 2.00 bits per heavy atom. The minimum absolute atomic E-state index is 0.0668. The van der Waals surface area contributed by atoms with Crippen molar-refractivity contribution < 1.29 is 14.3 Å². The largest absolute Gasteiger partial charge is 0.376 e. The fourth-order valence-electron chi connectivity index (χ4n) is 2.21. The summed E-state index contributed by atoms with van der Waals surface area (Å²) in [5.41, 5.74) is 5.51. The minimum Gasteiger partial charge on any atom is -0.376 e. The summed E-state index contributed by atoms with van der Waals surface area (Å²) in [4.78, 5) is 16.2. The van der Waals surface area contributed by atoms with Gasteiger partial charge in [-0.1, -0.05) is 0 Å². The van der Waals surface area contributed by atoms with E-state index in [-0.39, 0.29) is 5.91 Å². The van der Waals surface area contributed by atoms with Crippen LogP contribution in [0.15, 0.2) is 0 Å². The van der Waals surface area contributed by atoms with Gasteiger partial charge in [0.15, 0.2) is 6.10 Å². The van der Waals surface area contributed by atoms with Crippen LogP contribution in [0, 0.1) is 0 Å². The van der Waals surface area contributed by atoms with Crippen molar-refractivity contribution in [2.24, 2.45) is 5.73 Å². The molecular formula is C11H21N3O3. The Hall–Kier alpha value is -0.690. The average molecular weight is 243 g/mol. The van der Waals surface area contributed by atoms with E-state index in [1.807, 2.05) is 4.90 Å². The molecule has 0 aromatic heterocycles. The second-order valence-electron chi connectivity index (χ2n) is 4.39. The average Bonchev–Trinajstić information content (AvgIpc) is 2.40. The van der Waals surface area contributed by atoms with Crippen molar-refractivity contribution >= 4 is 5.91 Å². The van der Waals surface area contributed by atoms with Gasteiger partial charge in [0.25, 0.3) is 5.91 Å². The molecule has 6 nitrogen and oxygen atoms in total. The smallest absolute Gasteiger partial charge is 0.254 e. The van der Waals surface area contributed by atoms with Crippen LogP contribution < -0.4 is 5.73 Å². The molecule has 0 radical (unpaired) electrons. The Labute approximate surface area is 102 Å². The third-order valence-corrected chi connectivity index (χ3v) is 3.22. The molecule has 0 spiro atoms. The fourth-order valence-corrected chi connectivity index (χ4v) is 2.21. The molecular weight excluding hydrogens is 222 g/mol. The molecule has 0 saturated carbocycles. The summed E-state index contributed by atoms with van der Waals surface area (Å²) in [5.74, 6) is 0.0668. The molecule has 2 fully saturated rings. The van der Waals surface area contributed by atoms with Crippen molar-refractivity contribution in [3.63, 3.8) is 0 Å². The predicted octanol–water partition coefficient (Wildman–Crippen LogP) is -1.50. The van der Waals surface area contributed by atoms with Crippen molar-refractivity contribution in [2.45, 2.75) is 6.10 Å². The predicted molar refractivity (Wildman–Crippen MR) is 62.6 cm³/mol. The monoisotopic (exact) mass is 243 g/mol. The lowest BCUT2D eigenvalue weighted by Gasteiger charge is -2.36. The maximum atomic E-state index is 12.1. The van der Waals surface area contributed by atoms with Gasteiger partial charge in [-0.25, -0.2) is 0 Å². The van der Waals surface area contributed by atoms with Crippen molar-refractivity contribution in [3.8, 4) is 0 Å². The SMILES string of the molecule is NCCN1CCN(C(=O)C2COCCO2)CC1. The van der Waals surface area contributed by atoms with Gasteiger partial charge >= 0.3 is 0 Å². The van der Waals surface area contributed by atoms with Crippen molar-refractivity contribution in [2.75, 3.05) is 59.1 Å². The van der Waals surface area contributed by atoms with Crippen LogP contribution in [-0.2, 0) is 14.3 Å². The first-order valence-electron chi connectivity index (χ1n) is 6.22. The first-order chi connectivity index (χ1) is 8.31. The molecule has 2 saturated heterocycles. The zero-order chi connectivity index (χ0) is 12.1. The molecule has 1 atom stereocenters. The highest BCUT2D eigenvalue weighted by Gasteiger charge is 2.29. The van der Waals surface area contributed by atoms with Gasteiger partial charge in [-0.15, -0.1) is 0 Å². The third-order valence-electron chi connectivity index (χ3n) is 3.22. The van der Waals surface area contributed by atoms with Gasteiger partial charge in [-0.05, 0) is 0 Å². The lowest BCUT2D eigenvalue weighted by Crippen LogP contribution is -2.54. The highest BCUT2D eigenvalue weighted by molar-refractivity contribution is 5.81. The molecule has 0 aromatic rings. The summed E-state index contributed by atoms with van der Waals surface area (Å²) in [5, 5.41) is 0. The minimum atomic E-state index is -0.398. The Morgan fingerprint density at radius 3 is 2.59 bits per heavy atom. The molecule has 2 N–H and O–H groups in total. The van der Waals surface area contributed by atoms with E-state index in [9.17, 15) is 4.79 Å². The first-order valence-corrected chi connectivity index (χ1v) is 6.22. The highest BCUT2D eigenvalue weighted by atomic mass is 16.6. The molecule has 0 aliphatic carbocycles. The van der Waals surface area contributed by atoms with Gasteiger partial charge in [0.2, 0.25) is 0 Å². The van der Waals surface area contributed by atoms with E-state index < -0.39 is 6.10 Å². The van der Waals surface area contributed by atoms with Crippen LogP contribution in [0.5, 0.6) is 0 Å². The summed E-state index contributed by atoms with van der Waals surface area (Å²) in [6, 6.07) is 0. The summed E-state index contributed by atoms with van der Waals surface area (Å²) in [6.45, 7) is 6.41. The molecule has 0 aromatic carbocycles. The van der Waals surface area contributed by atoms with Gasteiger partial charge in [0.05, 0.1) is 19.8 Å². The van der Waals surface area contributed by atoms with E-state index in [1.165, 1.54) is 0 Å². The molecule has 6 heteroatoms. The number of ether oxygens (including phenoxy) is 2. The number of carbonyl (C=O) groups excluding carboxylic acids is 1. The van der Waals surface area contributed by atoms with Crippen LogP contribution in [0.3, 0.4) is 0 Å². The van der Waals surface area contributed by atoms with Gasteiger partial charge in [0.1, 0.15) is 0 Å². The van der Waals surface area contributed by atoms with E-state index in [0.29, 0.717) is 26.4 Å². The highest BCUT2D eigenvalue weighted by Crippen LogP contribution is 2.08. The number of amides is 1. The molecule has 98 valence electrons. The van der Waals surface area contributed by atoms with Crippen LogP contribution in [0.2, 0.25) is 0 Å². The fraction of sp³-hybridized carbons (Fsp3) is 0.909. The zero-order valence-corrected chi connectivity index (χ0v) is 10.1. The summed E-state index contributed by atoms with van der Waals surface area (Å²) in [7, 11) is 0. The number of nitrogens with two attached hydrogens (primary N) is 1. The molecule has 1 amide bonds. The lowest BCUT2D eigenvalue weighted by molar-refractivity contribution is -0.159. The second kappa shape index (κ2) is 6.30. The quantitative estimate of drug-likeness (QED) is 0.654. The van der Waals surface area contributed by atoms with Crippen LogP contribution in [0.25, 0.3) is 0 Å². The first kappa shape index (κ1) is 12.8. The van der Waals surface area contributed by atoms with E-state index in [4.69, 9.17) is 15.2 Å². The normalized spacial score (nSPS) is 27.1. The van der Waals surface area contributed by atoms with Crippen molar-refractivity contribution in [3.05, 3.63) is 0 Å². The maximum absolute atomic E-state index is 12.1. The van der Waals surface area contributed by atoms with Gasteiger partial charge < -0.3 is 20.1 Å². The molecule has 17 heavy (non-hydrogen) atoms. The number of hydrogen-bond acceptors (Lipinski definition) is 5. The standard InChI is InChI=1S/C11H21N3O3/c12-1-2-13-3-5-14(6-4-13)11(15)10-9-16-7-8-17-10/h10H,1-9,12H2. The molecule has 0 bridgehead atoms. The topological polar surface area (TPSA) is 68.0 Å². The summed E-state index contributed by atoms with van der Waals surface area (Å²) in [6.07, 6.45) is -0.398. The number of nitrogens with zero attached hydrogens (tertiary/aromatic N) is 2. The van der Waals surface area contributed by atoms with Crippen LogP contribution in [0.1, 0.15) is 0 Å². The Bertz CT molecular complexity index is 248. The maximum Gasteiger partial charge on any atom is 0.254 e. The van der Waals surface area contributed by atoms with E-state index in [2.05, 4.69) is 4.90 Å². The van der Waals surface area contributed by atoms with Crippen molar-refractivity contribution in [1.82, 2.24) is 9.80 Å². The Balaban J connectivity index is 1.77. The van der Waals surface area contributed by atoms with Crippen LogP contribution in [0.4, 0.5) is 0 Å². The number of rotatable bonds is 3. The van der Waals surface area contributed by atoms with Crippen LogP contribution in [-0.4, -0.2) is 80.9 Å². The Kier molecular flexibility index (Phi) is 4.73. The second-order valence-corrected chi connectivity index (χ2v) is 4.39. The van der Waals surface area contributed by atoms with Crippen molar-refractivity contribution in [1.29, 1.82) is 0 Å². The lowest BCUT2D eigenvalue weighted by atomic mass is 10.2. The molecule has 2 heterocycles. The number of hydrogen-bond donors (Lipinski definition) is 1. The Morgan fingerprint density at radius 1 is 1.24 bits per heavy atom. The molecule has 2 rings (SSSR count). The van der Waals surface area contributed by atoms with E-state index in [0.717, 1.165) is 32.7 Å². The summed E-state index contributed by atoms with van der Waals surface area (Å²) >= 11 is 0. The van der Waals surface area contributed by atoms with Gasteiger partial charge in [0, 0.05) is 39.3 Å². The van der Waals surface area contributed by atoms with Gasteiger partial charge in [-0.3, -0.25) is 9.69 Å².